The van der Waals surface area contributed by atoms with Gasteiger partial charge in [0.05, 0.1) is 0 Å². The Morgan fingerprint density at radius 1 is 1.50 bits per heavy atom. The second-order valence-corrected chi connectivity index (χ2v) is 3.20. The van der Waals surface area contributed by atoms with Gasteiger partial charge in [0.1, 0.15) is 11.7 Å². The van der Waals surface area contributed by atoms with E-state index in [0.29, 0.717) is 0 Å². The smallest absolute Gasteiger partial charge is 0.326 e. The highest BCUT2D eigenvalue weighted by Gasteiger charge is 2.18. The summed E-state index contributed by atoms with van der Waals surface area (Å²) in [6.07, 6.45) is 0.276. The Bertz CT molecular complexity index is 452. The molecular weight excluding hydrogens is 212 g/mol. The van der Waals surface area contributed by atoms with Gasteiger partial charge in [0.2, 0.25) is 5.56 Å². The highest BCUT2D eigenvalue weighted by Crippen LogP contribution is 1.95. The Hall–Kier alpha value is -2.11. The zero-order valence-electron chi connectivity index (χ0n) is 8.69. The molecule has 0 aliphatic heterocycles. The van der Waals surface area contributed by atoms with E-state index in [1.807, 2.05) is 0 Å². The molecule has 0 aliphatic rings. The van der Waals surface area contributed by atoms with Gasteiger partial charge in [0.25, 0.3) is 5.91 Å². The standard InChI is InChI=1S/C10H12N2O4/c1-2-6(10(15)16)12-9(14)7-4-3-5-8(13)11-7/h3-6H,2H2,1H3,(H,11,13)(H,12,14)(H,15,16). The molecule has 1 amide bonds. The second-order valence-electron chi connectivity index (χ2n) is 3.20. The fourth-order valence-corrected chi connectivity index (χ4v) is 1.15. The summed E-state index contributed by atoms with van der Waals surface area (Å²) < 4.78 is 0. The maximum atomic E-state index is 11.5. The molecular formula is C10H12N2O4. The van der Waals surface area contributed by atoms with E-state index in [1.54, 1.807) is 6.92 Å². The van der Waals surface area contributed by atoms with Crippen molar-refractivity contribution in [2.45, 2.75) is 19.4 Å². The molecule has 0 fully saturated rings. The molecule has 1 atom stereocenters. The molecule has 1 rings (SSSR count). The van der Waals surface area contributed by atoms with E-state index in [4.69, 9.17) is 5.11 Å². The van der Waals surface area contributed by atoms with Crippen LogP contribution in [-0.4, -0.2) is 28.0 Å². The van der Waals surface area contributed by atoms with Gasteiger partial charge in [0.15, 0.2) is 0 Å². The molecule has 0 radical (unpaired) electrons. The number of hydrogen-bond acceptors (Lipinski definition) is 3. The van der Waals surface area contributed by atoms with E-state index in [-0.39, 0.29) is 12.1 Å². The van der Waals surface area contributed by atoms with Crippen LogP contribution < -0.4 is 10.9 Å². The number of carbonyl (C=O) groups excluding carboxylic acids is 1. The third kappa shape index (κ3) is 2.94. The zero-order chi connectivity index (χ0) is 12.1. The Morgan fingerprint density at radius 3 is 2.69 bits per heavy atom. The van der Waals surface area contributed by atoms with Crippen molar-refractivity contribution in [1.29, 1.82) is 0 Å². The van der Waals surface area contributed by atoms with E-state index < -0.39 is 23.5 Å². The van der Waals surface area contributed by atoms with Crippen molar-refractivity contribution in [2.75, 3.05) is 0 Å². The van der Waals surface area contributed by atoms with E-state index in [2.05, 4.69) is 10.3 Å². The molecule has 86 valence electrons. The Kier molecular flexibility index (Phi) is 3.82. The minimum atomic E-state index is -1.10. The fourth-order valence-electron chi connectivity index (χ4n) is 1.15. The Balaban J connectivity index is 2.79. The number of hydrogen-bond donors (Lipinski definition) is 3. The molecule has 6 heteroatoms. The van der Waals surface area contributed by atoms with E-state index in [1.165, 1.54) is 18.2 Å². The SMILES string of the molecule is CCC(NC(=O)c1cccc(=O)[nH]1)C(=O)O. The van der Waals surface area contributed by atoms with Gasteiger partial charge in [-0.25, -0.2) is 4.79 Å². The van der Waals surface area contributed by atoms with Gasteiger partial charge in [-0.15, -0.1) is 0 Å². The average molecular weight is 224 g/mol. The first-order valence-electron chi connectivity index (χ1n) is 4.77. The fraction of sp³-hybridized carbons (Fsp3) is 0.300. The number of aromatic nitrogens is 1. The summed E-state index contributed by atoms with van der Waals surface area (Å²) in [4.78, 5) is 35.5. The lowest BCUT2D eigenvalue weighted by atomic mass is 10.2. The molecule has 6 nitrogen and oxygen atoms in total. The first-order valence-corrected chi connectivity index (χ1v) is 4.77. The van der Waals surface area contributed by atoms with Gasteiger partial charge in [-0.3, -0.25) is 9.59 Å². The predicted octanol–water partition coefficient (Wildman–Crippen LogP) is -0.0321. The summed E-state index contributed by atoms with van der Waals surface area (Å²) in [5.41, 5.74) is -0.358. The van der Waals surface area contributed by atoms with Crippen LogP contribution in [0.15, 0.2) is 23.0 Å². The molecule has 0 aliphatic carbocycles. The van der Waals surface area contributed by atoms with Gasteiger partial charge in [-0.05, 0) is 12.5 Å². The second kappa shape index (κ2) is 5.11. The highest BCUT2D eigenvalue weighted by molar-refractivity contribution is 5.94. The normalized spacial score (nSPS) is 11.8. The monoisotopic (exact) mass is 224 g/mol. The minimum absolute atomic E-state index is 0.0483. The quantitative estimate of drug-likeness (QED) is 0.668. The van der Waals surface area contributed by atoms with Crippen molar-refractivity contribution in [1.82, 2.24) is 10.3 Å². The van der Waals surface area contributed by atoms with Crippen molar-refractivity contribution in [3.05, 3.63) is 34.2 Å². The molecule has 3 N–H and O–H groups in total. The topological polar surface area (TPSA) is 99.3 Å². The van der Waals surface area contributed by atoms with Crippen molar-refractivity contribution in [3.63, 3.8) is 0 Å². The number of aromatic amines is 1. The zero-order valence-corrected chi connectivity index (χ0v) is 8.69. The van der Waals surface area contributed by atoms with Crippen LogP contribution in [0.1, 0.15) is 23.8 Å². The minimum Gasteiger partial charge on any atom is -0.480 e. The summed E-state index contributed by atoms with van der Waals surface area (Å²) in [5, 5.41) is 11.0. The number of pyridine rings is 1. The van der Waals surface area contributed by atoms with Crippen LogP contribution in [0, 0.1) is 0 Å². The highest BCUT2D eigenvalue weighted by atomic mass is 16.4. The number of nitrogens with one attached hydrogen (secondary N) is 2. The van der Waals surface area contributed by atoms with Gasteiger partial charge in [-0.1, -0.05) is 13.0 Å². The number of carboxylic acid groups (broad SMARTS) is 1. The molecule has 1 aromatic heterocycles. The van der Waals surface area contributed by atoms with Gasteiger partial charge < -0.3 is 15.4 Å². The van der Waals surface area contributed by atoms with Crippen LogP contribution in [0.5, 0.6) is 0 Å². The van der Waals surface area contributed by atoms with Crippen LogP contribution in [0.4, 0.5) is 0 Å². The number of carbonyl (C=O) groups is 2. The summed E-state index contributed by atoms with van der Waals surface area (Å²) in [6.45, 7) is 1.65. The molecule has 1 heterocycles. The number of carboxylic acids is 1. The Morgan fingerprint density at radius 2 is 2.19 bits per heavy atom. The van der Waals surface area contributed by atoms with Gasteiger partial charge in [0, 0.05) is 6.07 Å². The van der Waals surface area contributed by atoms with Crippen LogP contribution in [0.25, 0.3) is 0 Å². The molecule has 0 bridgehead atoms. The maximum Gasteiger partial charge on any atom is 0.326 e. The third-order valence-electron chi connectivity index (χ3n) is 2.02. The maximum absolute atomic E-state index is 11.5. The molecule has 0 aromatic carbocycles. The summed E-state index contributed by atoms with van der Waals surface area (Å²) >= 11 is 0. The van der Waals surface area contributed by atoms with E-state index in [0.717, 1.165) is 0 Å². The van der Waals surface area contributed by atoms with E-state index in [9.17, 15) is 14.4 Å². The summed E-state index contributed by atoms with van der Waals surface area (Å²) in [6, 6.07) is 3.16. The molecule has 1 unspecified atom stereocenters. The number of H-pyrrole nitrogens is 1. The lowest BCUT2D eigenvalue weighted by Crippen LogP contribution is -2.40. The number of aliphatic carboxylic acids is 1. The molecule has 1 aromatic rings. The lowest BCUT2D eigenvalue weighted by Gasteiger charge is -2.11. The number of amides is 1. The first-order chi connectivity index (χ1) is 7.54. The molecule has 0 saturated carbocycles. The average Bonchev–Trinajstić information content (AvgIpc) is 2.25. The van der Waals surface area contributed by atoms with Crippen molar-refractivity contribution in [3.8, 4) is 0 Å². The summed E-state index contributed by atoms with van der Waals surface area (Å²) in [5.74, 6) is -1.71. The van der Waals surface area contributed by atoms with Crippen LogP contribution in [-0.2, 0) is 4.79 Å². The van der Waals surface area contributed by atoms with Gasteiger partial charge in [-0.2, -0.15) is 0 Å². The van der Waals surface area contributed by atoms with Crippen molar-refractivity contribution >= 4 is 11.9 Å². The van der Waals surface area contributed by atoms with Crippen molar-refractivity contribution < 1.29 is 14.7 Å². The van der Waals surface area contributed by atoms with Crippen LogP contribution >= 0.6 is 0 Å². The largest absolute Gasteiger partial charge is 0.480 e. The van der Waals surface area contributed by atoms with Crippen molar-refractivity contribution in [2.24, 2.45) is 0 Å². The summed E-state index contributed by atoms with van der Waals surface area (Å²) in [7, 11) is 0. The number of rotatable bonds is 4. The van der Waals surface area contributed by atoms with E-state index >= 15 is 0 Å². The third-order valence-corrected chi connectivity index (χ3v) is 2.02. The van der Waals surface area contributed by atoms with Gasteiger partial charge >= 0.3 is 5.97 Å². The first kappa shape index (κ1) is 12.0. The molecule has 0 spiro atoms. The molecule has 16 heavy (non-hydrogen) atoms. The van der Waals surface area contributed by atoms with Crippen LogP contribution in [0.3, 0.4) is 0 Å². The van der Waals surface area contributed by atoms with Crippen LogP contribution in [0.2, 0.25) is 0 Å². The predicted molar refractivity (Wildman–Crippen MR) is 56.2 cm³/mol. The molecule has 0 saturated heterocycles. The lowest BCUT2D eigenvalue weighted by molar-refractivity contribution is -0.139. The Labute approximate surface area is 91.3 Å².